The van der Waals surface area contributed by atoms with Gasteiger partial charge < -0.3 is 25.8 Å². The Bertz CT molecular complexity index is 1200. The van der Waals surface area contributed by atoms with E-state index in [9.17, 15) is 39.3 Å². The number of nitrogens with two attached hydrogens (primary N) is 1. The van der Waals surface area contributed by atoms with E-state index in [0.29, 0.717) is 17.1 Å². The molecule has 5 N–H and O–H groups in total. The summed E-state index contributed by atoms with van der Waals surface area (Å²) in [7, 11) is 0. The highest BCUT2D eigenvalue weighted by atomic mass is 32.2. The van der Waals surface area contributed by atoms with Crippen LogP contribution in [-0.2, 0) is 23.9 Å². The number of primary amides is 1. The molecule has 35 heavy (non-hydrogen) atoms. The highest BCUT2D eigenvalue weighted by Gasteiger charge is 2.69. The molecular formula is C23H23NO9S2. The number of carbonyl (C=O) groups excluding carboxylic acids is 5. The van der Waals surface area contributed by atoms with Crippen LogP contribution in [0.1, 0.15) is 42.1 Å². The lowest BCUT2D eigenvalue weighted by Gasteiger charge is -2.51. The summed E-state index contributed by atoms with van der Waals surface area (Å²) in [6.45, 7) is 3.79. The molecule has 0 radical (unpaired) electrons. The van der Waals surface area contributed by atoms with Crippen molar-refractivity contribution in [1.82, 2.24) is 0 Å². The van der Waals surface area contributed by atoms with Crippen molar-refractivity contribution < 1.29 is 44.0 Å². The van der Waals surface area contributed by atoms with Gasteiger partial charge in [-0.1, -0.05) is 6.92 Å². The van der Waals surface area contributed by atoms with Crippen LogP contribution < -0.4 is 5.73 Å². The number of aromatic hydroxyl groups is 1. The Hall–Kier alpha value is -2.67. The van der Waals surface area contributed by atoms with E-state index in [4.69, 9.17) is 22.7 Å². The summed E-state index contributed by atoms with van der Waals surface area (Å²) in [6.07, 6.45) is -2.24. The monoisotopic (exact) mass is 521 g/mol. The molecule has 7 atom stereocenters. The van der Waals surface area contributed by atoms with E-state index in [1.54, 1.807) is 19.9 Å². The van der Waals surface area contributed by atoms with E-state index < -0.39 is 70.3 Å². The van der Waals surface area contributed by atoms with Crippen molar-refractivity contribution >= 4 is 57.4 Å². The number of phenols is 1. The smallest absolute Gasteiger partial charge is 0.235 e. The average Bonchev–Trinajstić information content (AvgIpc) is 2.78. The van der Waals surface area contributed by atoms with Crippen molar-refractivity contribution in [2.75, 3.05) is 6.61 Å². The van der Waals surface area contributed by atoms with Gasteiger partial charge in [0.15, 0.2) is 34.7 Å². The van der Waals surface area contributed by atoms with Crippen molar-refractivity contribution in [3.05, 3.63) is 23.3 Å². The van der Waals surface area contributed by atoms with Crippen LogP contribution in [0, 0.1) is 23.7 Å². The number of benzene rings is 1. The molecule has 2 fully saturated rings. The number of aliphatic hydroxyl groups excluding tert-OH is 1. The summed E-state index contributed by atoms with van der Waals surface area (Å²) >= 11 is 6.27. The fraction of sp³-hybridized carbons (Fsp3) is 0.478. The maximum Gasteiger partial charge on any atom is 0.235 e. The molecule has 186 valence electrons. The number of hydrogen-bond acceptors (Lipinski definition) is 11. The van der Waals surface area contributed by atoms with E-state index >= 15 is 0 Å². The number of aliphatic hydroxyl groups is 2. The summed E-state index contributed by atoms with van der Waals surface area (Å²) in [6, 6.07) is 2.85. The Morgan fingerprint density at radius 3 is 2.51 bits per heavy atom. The van der Waals surface area contributed by atoms with Gasteiger partial charge in [-0.05, 0) is 66.9 Å². The molecule has 0 aliphatic heterocycles. The highest BCUT2D eigenvalue weighted by molar-refractivity contribution is 8.22. The van der Waals surface area contributed by atoms with E-state index in [1.165, 1.54) is 6.07 Å². The maximum absolute atomic E-state index is 13.6. The van der Waals surface area contributed by atoms with Crippen LogP contribution in [0.25, 0.3) is 0 Å². The van der Waals surface area contributed by atoms with Crippen LogP contribution >= 0.6 is 24.0 Å². The molecule has 3 aliphatic carbocycles. The minimum absolute atomic E-state index is 0.134. The van der Waals surface area contributed by atoms with Gasteiger partial charge in [-0.3, -0.25) is 24.0 Å². The normalized spacial score (nSPS) is 34.1. The number of thioether (sulfide) groups is 1. The SMILES string of the molecule is CCOC(=S)Sc1ccc(O)c2c1[C@@H](C)[C@H]1C[C@H]3[C@@H](O)C(=O)C(C(N)=O)C(=O)[C@@]3(O)C(=O)C1C2=O. The average molecular weight is 522 g/mol. The predicted octanol–water partition coefficient (Wildman–Crippen LogP) is 0.272. The number of amides is 1. The third-order valence-electron chi connectivity index (χ3n) is 7.29. The number of rotatable bonds is 3. The quantitative estimate of drug-likeness (QED) is 0.243. The van der Waals surface area contributed by atoms with E-state index in [2.05, 4.69) is 0 Å². The number of ether oxygens (including phenoxy) is 1. The van der Waals surface area contributed by atoms with Crippen molar-refractivity contribution in [1.29, 1.82) is 0 Å². The van der Waals surface area contributed by atoms with E-state index in [0.717, 1.165) is 11.8 Å². The molecule has 0 heterocycles. The van der Waals surface area contributed by atoms with Crippen LogP contribution in [0.15, 0.2) is 17.0 Å². The maximum atomic E-state index is 13.6. The molecule has 3 aliphatic rings. The zero-order valence-corrected chi connectivity index (χ0v) is 20.4. The van der Waals surface area contributed by atoms with Crippen LogP contribution in [0.3, 0.4) is 0 Å². The number of fused-ring (bicyclic) bond motifs is 3. The first-order valence-corrected chi connectivity index (χ1v) is 12.2. The largest absolute Gasteiger partial charge is 0.507 e. The zero-order valence-electron chi connectivity index (χ0n) is 18.7. The Balaban J connectivity index is 1.84. The van der Waals surface area contributed by atoms with E-state index in [1.807, 2.05) is 0 Å². The summed E-state index contributed by atoms with van der Waals surface area (Å²) in [5, 5.41) is 32.4. The van der Waals surface area contributed by atoms with Gasteiger partial charge in [-0.25, -0.2) is 0 Å². The second-order valence-corrected chi connectivity index (χ2v) is 10.6. The number of phenolic OH excluding ortho intramolecular Hbond substituents is 1. The minimum Gasteiger partial charge on any atom is -0.507 e. The van der Waals surface area contributed by atoms with Gasteiger partial charge in [-0.15, -0.1) is 0 Å². The molecule has 0 aromatic heterocycles. The fourth-order valence-corrected chi connectivity index (χ4v) is 6.94. The molecule has 0 spiro atoms. The molecule has 1 amide bonds. The van der Waals surface area contributed by atoms with Gasteiger partial charge in [0.05, 0.1) is 18.1 Å². The molecule has 4 rings (SSSR count). The Morgan fingerprint density at radius 1 is 1.26 bits per heavy atom. The first-order chi connectivity index (χ1) is 16.4. The van der Waals surface area contributed by atoms with Crippen molar-refractivity contribution in [3.8, 4) is 5.75 Å². The Labute approximate surface area is 209 Å². The van der Waals surface area contributed by atoms with Crippen LogP contribution in [-0.4, -0.2) is 67.1 Å². The molecule has 0 saturated heterocycles. The lowest BCUT2D eigenvalue weighted by molar-refractivity contribution is -0.186. The van der Waals surface area contributed by atoms with Gasteiger partial charge in [-0.2, -0.15) is 0 Å². The standard InChI is InChI=1S/C23H23NO9S2/c1-3-33-22(34)35-11-5-4-10(25)14-12(11)7(2)8-6-9-16(26)18(28)15(21(24)31)20(30)23(9,32)19(29)13(8)17(14)27/h4-5,7-9,13,15-16,25-26,32H,3,6H2,1-2H3,(H2,24,31)/t7-,8+,9-,13?,15?,16+,23-/m0/s1. The molecule has 2 unspecified atom stereocenters. The minimum atomic E-state index is -2.94. The number of hydrogen-bond donors (Lipinski definition) is 4. The van der Waals surface area contributed by atoms with Crippen molar-refractivity contribution in [3.63, 3.8) is 0 Å². The summed E-state index contributed by atoms with van der Waals surface area (Å²) in [5.74, 6) is -13.1. The topological polar surface area (TPSA) is 181 Å². The predicted molar refractivity (Wildman–Crippen MR) is 125 cm³/mol. The first kappa shape index (κ1) is 25.4. The third kappa shape index (κ3) is 3.53. The number of Topliss-reactive ketones (excluding diaryl/α,β-unsaturated/α-hetero) is 4. The molecule has 1 aromatic carbocycles. The van der Waals surface area contributed by atoms with Gasteiger partial charge in [0.25, 0.3) is 0 Å². The summed E-state index contributed by atoms with van der Waals surface area (Å²) in [5.41, 5.74) is 2.48. The Kier molecular flexibility index (Phi) is 6.37. The van der Waals surface area contributed by atoms with Gasteiger partial charge in [0, 0.05) is 10.8 Å². The molecule has 2 saturated carbocycles. The number of ketones is 4. The molecule has 10 nitrogen and oxygen atoms in total. The summed E-state index contributed by atoms with van der Waals surface area (Å²) < 4.78 is 5.51. The Morgan fingerprint density at radius 2 is 1.91 bits per heavy atom. The second-order valence-electron chi connectivity index (χ2n) is 8.97. The van der Waals surface area contributed by atoms with Crippen LogP contribution in [0.2, 0.25) is 0 Å². The molecular weight excluding hydrogens is 498 g/mol. The van der Waals surface area contributed by atoms with Gasteiger partial charge in [0.1, 0.15) is 11.9 Å². The lowest BCUT2D eigenvalue weighted by Crippen LogP contribution is -2.72. The number of carbonyl (C=O) groups is 5. The van der Waals surface area contributed by atoms with Crippen LogP contribution in [0.4, 0.5) is 0 Å². The van der Waals surface area contributed by atoms with Gasteiger partial charge >= 0.3 is 0 Å². The van der Waals surface area contributed by atoms with E-state index in [-0.39, 0.29) is 22.1 Å². The molecule has 12 heteroatoms. The lowest BCUT2D eigenvalue weighted by atomic mass is 9.51. The molecule has 1 aromatic rings. The highest BCUT2D eigenvalue weighted by Crippen LogP contribution is 2.55. The second kappa shape index (κ2) is 8.77. The van der Waals surface area contributed by atoms with Crippen LogP contribution in [0.5, 0.6) is 5.75 Å². The molecule has 0 bridgehead atoms. The summed E-state index contributed by atoms with van der Waals surface area (Å²) in [4.78, 5) is 65.0. The number of thiocarbonyl (C=S) groups is 1. The third-order valence-corrected chi connectivity index (χ3v) is 8.52. The van der Waals surface area contributed by atoms with Gasteiger partial charge in [0.2, 0.25) is 10.3 Å². The van der Waals surface area contributed by atoms with Crippen molar-refractivity contribution in [2.45, 2.75) is 42.8 Å². The first-order valence-electron chi connectivity index (χ1n) is 10.9. The zero-order chi connectivity index (χ0) is 26.0. The van der Waals surface area contributed by atoms with Crippen molar-refractivity contribution in [2.24, 2.45) is 29.4 Å². The fourth-order valence-electron chi connectivity index (χ4n) is 5.67.